The van der Waals surface area contributed by atoms with Crippen molar-refractivity contribution < 1.29 is 0 Å². The molecule has 3 rings (SSSR count). The van der Waals surface area contributed by atoms with Gasteiger partial charge in [-0.3, -0.25) is 5.41 Å². The molecule has 3 heteroatoms. The molecule has 84 valence electrons. The fourth-order valence-corrected chi connectivity index (χ4v) is 2.85. The number of nitrogens with zero attached hydrogens (tertiary/aromatic N) is 1. The third kappa shape index (κ3) is 1.17. The van der Waals surface area contributed by atoms with Gasteiger partial charge in [-0.05, 0) is 37.8 Å². The van der Waals surface area contributed by atoms with E-state index < -0.39 is 0 Å². The van der Waals surface area contributed by atoms with E-state index in [9.17, 15) is 0 Å². The average molecular weight is 215 g/mol. The van der Waals surface area contributed by atoms with Crippen LogP contribution in [0.1, 0.15) is 31.2 Å². The number of likely N-dealkylation sites (tertiary alicyclic amines) is 1. The fourth-order valence-electron chi connectivity index (χ4n) is 2.85. The lowest BCUT2D eigenvalue weighted by atomic mass is 9.67. The summed E-state index contributed by atoms with van der Waals surface area (Å²) in [6, 6.07) is 7.69. The minimum atomic E-state index is 0.333. The predicted molar refractivity (Wildman–Crippen MR) is 65.6 cm³/mol. The summed E-state index contributed by atoms with van der Waals surface area (Å²) in [4.78, 5) is 2.24. The third-order valence-corrected chi connectivity index (χ3v) is 4.14. The second-order valence-electron chi connectivity index (χ2n) is 4.92. The number of nitrogens with one attached hydrogen (secondary N) is 1. The van der Waals surface area contributed by atoms with Gasteiger partial charge >= 0.3 is 0 Å². The largest absolute Gasteiger partial charge is 0.398 e. The number of nitrogen functional groups attached to an aromatic ring is 1. The summed E-state index contributed by atoms with van der Waals surface area (Å²) in [6.07, 6.45) is 5.07. The van der Waals surface area contributed by atoms with Crippen LogP contribution >= 0.6 is 0 Å². The molecule has 0 bridgehead atoms. The highest BCUT2D eigenvalue weighted by Gasteiger charge is 2.50. The number of benzene rings is 1. The summed E-state index contributed by atoms with van der Waals surface area (Å²) >= 11 is 0. The quantitative estimate of drug-likeness (QED) is 0.429. The van der Waals surface area contributed by atoms with E-state index in [4.69, 9.17) is 11.1 Å². The van der Waals surface area contributed by atoms with Gasteiger partial charge in [-0.25, -0.2) is 0 Å². The van der Waals surface area contributed by atoms with Crippen molar-refractivity contribution >= 4 is 11.5 Å². The molecule has 0 aromatic heterocycles. The Morgan fingerprint density at radius 1 is 1.25 bits per heavy atom. The lowest BCUT2D eigenvalue weighted by Crippen LogP contribution is -2.65. The van der Waals surface area contributed by atoms with Crippen LogP contribution in [0.2, 0.25) is 0 Å². The lowest BCUT2D eigenvalue weighted by molar-refractivity contribution is -0.0157. The first-order chi connectivity index (χ1) is 7.73. The Bertz CT molecular complexity index is 429. The topological polar surface area (TPSA) is 53.1 Å². The van der Waals surface area contributed by atoms with Crippen LogP contribution in [-0.4, -0.2) is 22.8 Å². The van der Waals surface area contributed by atoms with Gasteiger partial charge in [-0.1, -0.05) is 12.1 Å². The Kier molecular flexibility index (Phi) is 1.96. The van der Waals surface area contributed by atoms with Gasteiger partial charge in [0.25, 0.3) is 0 Å². The number of hydrogen-bond acceptors (Lipinski definition) is 2. The molecule has 2 fully saturated rings. The number of nitrogens with two attached hydrogens (primary N) is 1. The SMILES string of the molecule is N=C(c1ccccc1N)N1CCC12CCC2. The van der Waals surface area contributed by atoms with Crippen molar-refractivity contribution in [3.8, 4) is 0 Å². The number of hydrogen-bond donors (Lipinski definition) is 2. The van der Waals surface area contributed by atoms with Crippen LogP contribution in [0, 0.1) is 5.41 Å². The standard InChI is InChI=1S/C13H17N3/c14-11-5-2-1-4-10(11)12(15)16-9-8-13(16)6-3-7-13/h1-2,4-5,15H,3,6-9,14H2. The van der Waals surface area contributed by atoms with Crippen molar-refractivity contribution in [2.75, 3.05) is 12.3 Å². The maximum absolute atomic E-state index is 8.27. The van der Waals surface area contributed by atoms with E-state index in [2.05, 4.69) is 4.90 Å². The minimum Gasteiger partial charge on any atom is -0.398 e. The van der Waals surface area contributed by atoms with E-state index in [1.54, 1.807) is 0 Å². The highest BCUT2D eigenvalue weighted by atomic mass is 15.3. The van der Waals surface area contributed by atoms with Crippen molar-refractivity contribution in [2.24, 2.45) is 0 Å². The van der Waals surface area contributed by atoms with Crippen LogP contribution in [0.25, 0.3) is 0 Å². The Labute approximate surface area is 95.8 Å². The number of rotatable bonds is 1. The molecule has 3 nitrogen and oxygen atoms in total. The van der Waals surface area contributed by atoms with Crippen molar-refractivity contribution in [1.82, 2.24) is 4.90 Å². The number of para-hydroxylation sites is 1. The fraction of sp³-hybridized carbons (Fsp3) is 0.462. The van der Waals surface area contributed by atoms with Gasteiger partial charge in [0.15, 0.2) is 0 Å². The van der Waals surface area contributed by atoms with Gasteiger partial charge in [-0.2, -0.15) is 0 Å². The zero-order valence-electron chi connectivity index (χ0n) is 9.37. The first kappa shape index (κ1) is 9.70. The Balaban J connectivity index is 1.86. The summed E-state index contributed by atoms with van der Waals surface area (Å²) in [5.74, 6) is 0.615. The molecule has 0 amide bonds. The molecule has 1 aromatic carbocycles. The van der Waals surface area contributed by atoms with Crippen molar-refractivity contribution in [3.63, 3.8) is 0 Å². The second kappa shape index (κ2) is 3.24. The summed E-state index contributed by atoms with van der Waals surface area (Å²) in [5, 5.41) is 8.27. The van der Waals surface area contributed by atoms with Crippen LogP contribution in [0.4, 0.5) is 5.69 Å². The van der Waals surface area contributed by atoms with E-state index in [0.29, 0.717) is 17.1 Å². The molecule has 1 saturated carbocycles. The summed E-state index contributed by atoms with van der Waals surface area (Å²) in [7, 11) is 0. The molecule has 0 atom stereocenters. The first-order valence-corrected chi connectivity index (χ1v) is 5.94. The summed E-state index contributed by atoms with van der Waals surface area (Å²) in [6.45, 7) is 1.02. The normalized spacial score (nSPS) is 21.4. The van der Waals surface area contributed by atoms with Gasteiger partial charge in [0.1, 0.15) is 5.84 Å². The number of anilines is 1. The van der Waals surface area contributed by atoms with Gasteiger partial charge < -0.3 is 10.6 Å². The van der Waals surface area contributed by atoms with Crippen molar-refractivity contribution in [3.05, 3.63) is 29.8 Å². The van der Waals surface area contributed by atoms with Crippen molar-refractivity contribution in [1.29, 1.82) is 5.41 Å². The monoisotopic (exact) mass is 215 g/mol. The highest BCUT2D eigenvalue weighted by molar-refractivity contribution is 6.01. The van der Waals surface area contributed by atoms with Gasteiger partial charge in [0.05, 0.1) is 0 Å². The molecular formula is C13H17N3. The summed E-state index contributed by atoms with van der Waals surface area (Å²) < 4.78 is 0. The maximum Gasteiger partial charge on any atom is 0.130 e. The first-order valence-electron chi connectivity index (χ1n) is 5.94. The maximum atomic E-state index is 8.27. The predicted octanol–water partition coefficient (Wildman–Crippen LogP) is 2.22. The minimum absolute atomic E-state index is 0.333. The van der Waals surface area contributed by atoms with Crippen LogP contribution in [-0.2, 0) is 0 Å². The van der Waals surface area contributed by atoms with Gasteiger partial charge in [-0.15, -0.1) is 0 Å². The summed E-state index contributed by atoms with van der Waals surface area (Å²) in [5.41, 5.74) is 7.85. The highest BCUT2D eigenvalue weighted by Crippen LogP contribution is 2.47. The molecule has 0 unspecified atom stereocenters. The Morgan fingerprint density at radius 2 is 2.00 bits per heavy atom. The van der Waals surface area contributed by atoms with E-state index >= 15 is 0 Å². The zero-order valence-corrected chi connectivity index (χ0v) is 9.37. The van der Waals surface area contributed by atoms with E-state index in [-0.39, 0.29) is 0 Å². The van der Waals surface area contributed by atoms with E-state index in [0.717, 1.165) is 12.1 Å². The molecule has 1 aromatic rings. The van der Waals surface area contributed by atoms with Crippen LogP contribution in [0.3, 0.4) is 0 Å². The molecule has 0 radical (unpaired) electrons. The van der Waals surface area contributed by atoms with Crippen molar-refractivity contribution in [2.45, 2.75) is 31.2 Å². The van der Waals surface area contributed by atoms with Gasteiger partial charge in [0, 0.05) is 23.3 Å². The smallest absolute Gasteiger partial charge is 0.130 e. The zero-order chi connectivity index (χ0) is 11.2. The molecule has 1 saturated heterocycles. The molecule has 16 heavy (non-hydrogen) atoms. The molecule has 1 spiro atoms. The van der Waals surface area contributed by atoms with Crippen LogP contribution < -0.4 is 5.73 Å². The molecular weight excluding hydrogens is 198 g/mol. The van der Waals surface area contributed by atoms with Crippen LogP contribution in [0.5, 0.6) is 0 Å². The van der Waals surface area contributed by atoms with E-state index in [1.807, 2.05) is 24.3 Å². The molecule has 2 aliphatic rings. The average Bonchev–Trinajstić information content (AvgIpc) is 2.14. The van der Waals surface area contributed by atoms with E-state index in [1.165, 1.54) is 25.7 Å². The van der Waals surface area contributed by atoms with Gasteiger partial charge in [0.2, 0.25) is 0 Å². The molecule has 1 aliphatic carbocycles. The molecule has 1 heterocycles. The Hall–Kier alpha value is -1.51. The molecule has 1 aliphatic heterocycles. The second-order valence-corrected chi connectivity index (χ2v) is 4.92. The third-order valence-electron chi connectivity index (χ3n) is 4.14. The molecule has 3 N–H and O–H groups in total. The lowest BCUT2D eigenvalue weighted by Gasteiger charge is -2.59. The Morgan fingerprint density at radius 3 is 2.50 bits per heavy atom. The number of amidine groups is 1. The van der Waals surface area contributed by atoms with Crippen LogP contribution in [0.15, 0.2) is 24.3 Å².